The average Bonchev–Trinajstić information content (AvgIpc) is 2.56. The van der Waals surface area contributed by atoms with Gasteiger partial charge in [-0.05, 0) is 56.0 Å². The zero-order chi connectivity index (χ0) is 16.8. The van der Waals surface area contributed by atoms with Gasteiger partial charge in [-0.1, -0.05) is 43.3 Å². The summed E-state index contributed by atoms with van der Waals surface area (Å²) in [5.41, 5.74) is 3.63. The van der Waals surface area contributed by atoms with E-state index in [0.717, 1.165) is 12.0 Å². The standard InChI is InChI=1S/C20H25NO2/c1-5-19(17-12-11-14(2)15(3)13-17)21-20(22)16(4)23-18-9-7-6-8-10-18/h6-13,16,19H,5H2,1-4H3,(H,21,22)/t16-,19+/m0/s1. The molecular formula is C20H25NO2. The molecule has 2 aromatic rings. The molecule has 23 heavy (non-hydrogen) atoms. The molecule has 0 radical (unpaired) electrons. The second kappa shape index (κ2) is 7.82. The first kappa shape index (κ1) is 17.1. The first-order valence-electron chi connectivity index (χ1n) is 8.10. The number of benzene rings is 2. The summed E-state index contributed by atoms with van der Waals surface area (Å²) in [5.74, 6) is 0.605. The van der Waals surface area contributed by atoms with Crippen molar-refractivity contribution in [2.45, 2.75) is 46.3 Å². The summed E-state index contributed by atoms with van der Waals surface area (Å²) < 4.78 is 5.69. The fourth-order valence-electron chi connectivity index (χ4n) is 2.45. The maximum absolute atomic E-state index is 12.4. The fraction of sp³-hybridized carbons (Fsp3) is 0.350. The summed E-state index contributed by atoms with van der Waals surface area (Å²) in [6.07, 6.45) is 0.310. The maximum Gasteiger partial charge on any atom is 0.261 e. The lowest BCUT2D eigenvalue weighted by Gasteiger charge is -2.21. The summed E-state index contributed by atoms with van der Waals surface area (Å²) in [7, 11) is 0. The highest BCUT2D eigenvalue weighted by molar-refractivity contribution is 5.81. The van der Waals surface area contributed by atoms with Crippen LogP contribution in [-0.2, 0) is 4.79 Å². The van der Waals surface area contributed by atoms with E-state index in [2.05, 4.69) is 44.3 Å². The van der Waals surface area contributed by atoms with Crippen LogP contribution in [0.5, 0.6) is 5.75 Å². The van der Waals surface area contributed by atoms with Gasteiger partial charge >= 0.3 is 0 Å². The third-order valence-corrected chi connectivity index (χ3v) is 4.08. The van der Waals surface area contributed by atoms with Crippen molar-refractivity contribution in [3.05, 3.63) is 65.2 Å². The van der Waals surface area contributed by atoms with Crippen LogP contribution < -0.4 is 10.1 Å². The molecule has 0 saturated carbocycles. The number of hydrogen-bond acceptors (Lipinski definition) is 2. The van der Waals surface area contributed by atoms with E-state index >= 15 is 0 Å². The SMILES string of the molecule is CC[C@@H](NC(=O)[C@H](C)Oc1ccccc1)c1ccc(C)c(C)c1. The molecule has 122 valence electrons. The molecule has 0 aliphatic rings. The van der Waals surface area contributed by atoms with E-state index in [1.54, 1.807) is 6.92 Å². The summed E-state index contributed by atoms with van der Waals surface area (Å²) in [6.45, 7) is 8.03. The van der Waals surface area contributed by atoms with E-state index < -0.39 is 6.10 Å². The van der Waals surface area contributed by atoms with Gasteiger partial charge in [0.1, 0.15) is 5.75 Å². The predicted octanol–water partition coefficient (Wildman–Crippen LogP) is 4.34. The molecule has 0 aliphatic heterocycles. The third kappa shape index (κ3) is 4.59. The largest absolute Gasteiger partial charge is 0.481 e. The number of hydrogen-bond donors (Lipinski definition) is 1. The van der Waals surface area contributed by atoms with Crippen LogP contribution in [0.4, 0.5) is 0 Å². The Morgan fingerprint density at radius 2 is 1.78 bits per heavy atom. The molecule has 0 aromatic heterocycles. The Bertz CT molecular complexity index is 652. The first-order valence-corrected chi connectivity index (χ1v) is 8.10. The lowest BCUT2D eigenvalue weighted by Crippen LogP contribution is -2.38. The Balaban J connectivity index is 2.02. The number of carbonyl (C=O) groups is 1. The van der Waals surface area contributed by atoms with Crippen molar-refractivity contribution in [2.24, 2.45) is 0 Å². The second-order valence-corrected chi connectivity index (χ2v) is 5.89. The minimum atomic E-state index is -0.530. The molecule has 0 saturated heterocycles. The number of ether oxygens (including phenoxy) is 1. The molecule has 0 fully saturated rings. The molecule has 3 heteroatoms. The van der Waals surface area contributed by atoms with Gasteiger partial charge < -0.3 is 10.1 Å². The van der Waals surface area contributed by atoms with E-state index in [4.69, 9.17) is 4.74 Å². The van der Waals surface area contributed by atoms with Crippen molar-refractivity contribution in [2.75, 3.05) is 0 Å². The highest BCUT2D eigenvalue weighted by atomic mass is 16.5. The van der Waals surface area contributed by atoms with Gasteiger partial charge in [0, 0.05) is 0 Å². The molecule has 2 aromatic carbocycles. The Morgan fingerprint density at radius 3 is 2.39 bits per heavy atom. The number of para-hydroxylation sites is 1. The van der Waals surface area contributed by atoms with E-state index in [9.17, 15) is 4.79 Å². The normalized spacial score (nSPS) is 13.2. The van der Waals surface area contributed by atoms with Crippen LogP contribution in [-0.4, -0.2) is 12.0 Å². The van der Waals surface area contributed by atoms with Gasteiger partial charge in [0.05, 0.1) is 6.04 Å². The maximum atomic E-state index is 12.4. The van der Waals surface area contributed by atoms with Crippen LogP contribution >= 0.6 is 0 Å². The Hall–Kier alpha value is -2.29. The second-order valence-electron chi connectivity index (χ2n) is 5.89. The molecule has 3 nitrogen and oxygen atoms in total. The molecule has 1 N–H and O–H groups in total. The van der Waals surface area contributed by atoms with Crippen LogP contribution in [0.1, 0.15) is 43.0 Å². The molecular weight excluding hydrogens is 286 g/mol. The summed E-state index contributed by atoms with van der Waals surface area (Å²) in [5, 5.41) is 3.09. The van der Waals surface area contributed by atoms with Crippen LogP contribution in [0.2, 0.25) is 0 Å². The molecule has 0 heterocycles. The van der Waals surface area contributed by atoms with Crippen LogP contribution in [0, 0.1) is 13.8 Å². The van der Waals surface area contributed by atoms with Crippen LogP contribution in [0.15, 0.2) is 48.5 Å². The number of nitrogens with one attached hydrogen (secondary N) is 1. The van der Waals surface area contributed by atoms with Gasteiger partial charge in [-0.15, -0.1) is 0 Å². The van der Waals surface area contributed by atoms with Gasteiger partial charge in [-0.2, -0.15) is 0 Å². The van der Waals surface area contributed by atoms with Crippen LogP contribution in [0.25, 0.3) is 0 Å². The van der Waals surface area contributed by atoms with Gasteiger partial charge in [0.15, 0.2) is 6.10 Å². The Kier molecular flexibility index (Phi) is 5.80. The van der Waals surface area contributed by atoms with Gasteiger partial charge in [-0.3, -0.25) is 4.79 Å². The number of aryl methyl sites for hydroxylation is 2. The lowest BCUT2D eigenvalue weighted by atomic mass is 9.99. The number of rotatable bonds is 6. The highest BCUT2D eigenvalue weighted by Gasteiger charge is 2.19. The third-order valence-electron chi connectivity index (χ3n) is 4.08. The van der Waals surface area contributed by atoms with E-state index in [-0.39, 0.29) is 11.9 Å². The highest BCUT2D eigenvalue weighted by Crippen LogP contribution is 2.20. The summed E-state index contributed by atoms with van der Waals surface area (Å²) >= 11 is 0. The zero-order valence-corrected chi connectivity index (χ0v) is 14.3. The minimum absolute atomic E-state index is 0.00335. The molecule has 2 atom stereocenters. The van der Waals surface area contributed by atoms with Gasteiger partial charge in [-0.25, -0.2) is 0 Å². The van der Waals surface area contributed by atoms with E-state index in [1.807, 2.05) is 30.3 Å². The molecule has 1 amide bonds. The predicted molar refractivity (Wildman–Crippen MR) is 93.6 cm³/mol. The fourth-order valence-corrected chi connectivity index (χ4v) is 2.45. The molecule has 0 spiro atoms. The molecule has 2 rings (SSSR count). The van der Waals surface area contributed by atoms with Crippen molar-refractivity contribution < 1.29 is 9.53 Å². The van der Waals surface area contributed by atoms with E-state index in [0.29, 0.717) is 5.75 Å². The Morgan fingerprint density at radius 1 is 1.09 bits per heavy atom. The molecule has 0 unspecified atom stereocenters. The topological polar surface area (TPSA) is 38.3 Å². The van der Waals surface area contributed by atoms with Crippen molar-refractivity contribution in [1.29, 1.82) is 0 Å². The lowest BCUT2D eigenvalue weighted by molar-refractivity contribution is -0.128. The summed E-state index contributed by atoms with van der Waals surface area (Å²) in [6, 6.07) is 15.7. The smallest absolute Gasteiger partial charge is 0.261 e. The minimum Gasteiger partial charge on any atom is -0.481 e. The van der Waals surface area contributed by atoms with Crippen molar-refractivity contribution in [1.82, 2.24) is 5.32 Å². The van der Waals surface area contributed by atoms with E-state index in [1.165, 1.54) is 11.1 Å². The molecule has 0 bridgehead atoms. The monoisotopic (exact) mass is 311 g/mol. The van der Waals surface area contributed by atoms with Crippen molar-refractivity contribution in [3.8, 4) is 5.75 Å². The zero-order valence-electron chi connectivity index (χ0n) is 14.3. The number of carbonyl (C=O) groups excluding carboxylic acids is 1. The first-order chi connectivity index (χ1) is 11.0. The molecule has 0 aliphatic carbocycles. The number of amides is 1. The average molecular weight is 311 g/mol. The Labute approximate surface area is 138 Å². The van der Waals surface area contributed by atoms with Gasteiger partial charge in [0.2, 0.25) is 0 Å². The van der Waals surface area contributed by atoms with Gasteiger partial charge in [0.25, 0.3) is 5.91 Å². The quantitative estimate of drug-likeness (QED) is 0.862. The summed E-state index contributed by atoms with van der Waals surface area (Å²) in [4.78, 5) is 12.4. The van der Waals surface area contributed by atoms with Crippen molar-refractivity contribution in [3.63, 3.8) is 0 Å². The van der Waals surface area contributed by atoms with Crippen LogP contribution in [0.3, 0.4) is 0 Å². The van der Waals surface area contributed by atoms with Crippen molar-refractivity contribution >= 4 is 5.91 Å².